The number of alkyl carbamates (subject to hydrolysis) is 1. The van der Waals surface area contributed by atoms with Crippen LogP contribution in [0.3, 0.4) is 0 Å². The summed E-state index contributed by atoms with van der Waals surface area (Å²) >= 11 is 6.05. The number of carbonyl (C=O) groups is 2. The molecule has 2 aromatic rings. The lowest BCUT2D eigenvalue weighted by Crippen LogP contribution is -2.36. The zero-order chi connectivity index (χ0) is 19.9. The third-order valence-electron chi connectivity index (χ3n) is 3.56. The monoisotopic (exact) mass is 389 g/mol. The van der Waals surface area contributed by atoms with E-state index in [-0.39, 0.29) is 13.0 Å². The van der Waals surface area contributed by atoms with E-state index in [1.807, 2.05) is 30.3 Å². The van der Waals surface area contributed by atoms with Crippen molar-refractivity contribution < 1.29 is 19.1 Å². The Morgan fingerprint density at radius 3 is 2.41 bits per heavy atom. The average molecular weight is 390 g/mol. The molecule has 2 rings (SSSR count). The summed E-state index contributed by atoms with van der Waals surface area (Å²) < 4.78 is 10.6. The summed E-state index contributed by atoms with van der Waals surface area (Å²) in [6.45, 7) is 5.49. The lowest BCUT2D eigenvalue weighted by molar-refractivity contribution is -0.145. The molecule has 2 aromatic carbocycles. The highest BCUT2D eigenvalue weighted by Gasteiger charge is 2.23. The highest BCUT2D eigenvalue weighted by molar-refractivity contribution is 6.30. The summed E-state index contributed by atoms with van der Waals surface area (Å²) in [5, 5.41) is 3.24. The second kappa shape index (κ2) is 9.42. The van der Waals surface area contributed by atoms with Crippen LogP contribution in [0.2, 0.25) is 5.02 Å². The topological polar surface area (TPSA) is 64.6 Å². The Bertz CT molecular complexity index is 771. The summed E-state index contributed by atoms with van der Waals surface area (Å²) in [5.41, 5.74) is 0.951. The molecule has 0 saturated carbocycles. The largest absolute Gasteiger partial charge is 0.461 e. The summed E-state index contributed by atoms with van der Waals surface area (Å²) in [5.74, 6) is -0.431. The highest BCUT2D eigenvalue weighted by atomic mass is 35.5. The average Bonchev–Trinajstić information content (AvgIpc) is 2.59. The number of benzene rings is 2. The molecule has 1 N–H and O–H groups in total. The van der Waals surface area contributed by atoms with Gasteiger partial charge in [-0.2, -0.15) is 0 Å². The molecule has 0 spiro atoms. The minimum absolute atomic E-state index is 0.0353. The second-order valence-corrected chi connectivity index (χ2v) is 7.54. The van der Waals surface area contributed by atoms with Gasteiger partial charge in [0.2, 0.25) is 0 Å². The fourth-order valence-electron chi connectivity index (χ4n) is 2.39. The fourth-order valence-corrected chi connectivity index (χ4v) is 2.59. The van der Waals surface area contributed by atoms with Crippen molar-refractivity contribution in [2.75, 3.05) is 0 Å². The Balaban J connectivity index is 2.05. The van der Waals surface area contributed by atoms with Crippen molar-refractivity contribution in [3.63, 3.8) is 0 Å². The van der Waals surface area contributed by atoms with Crippen LogP contribution in [0.25, 0.3) is 0 Å². The van der Waals surface area contributed by atoms with E-state index in [4.69, 9.17) is 21.1 Å². The van der Waals surface area contributed by atoms with E-state index in [1.165, 1.54) is 0 Å². The molecule has 0 fully saturated rings. The van der Waals surface area contributed by atoms with E-state index in [9.17, 15) is 9.59 Å². The van der Waals surface area contributed by atoms with Crippen LogP contribution in [0.1, 0.15) is 44.4 Å². The Morgan fingerprint density at radius 2 is 1.78 bits per heavy atom. The number of hydrogen-bond donors (Lipinski definition) is 1. The normalized spacial score (nSPS) is 12.1. The third-order valence-corrected chi connectivity index (χ3v) is 3.79. The van der Waals surface area contributed by atoms with Gasteiger partial charge in [0.25, 0.3) is 0 Å². The van der Waals surface area contributed by atoms with Gasteiger partial charge in [-0.25, -0.2) is 4.79 Å². The molecule has 1 atom stereocenters. The number of esters is 1. The molecule has 27 heavy (non-hydrogen) atoms. The van der Waals surface area contributed by atoms with Gasteiger partial charge >= 0.3 is 12.1 Å². The van der Waals surface area contributed by atoms with Crippen LogP contribution >= 0.6 is 11.6 Å². The first-order chi connectivity index (χ1) is 12.7. The first kappa shape index (κ1) is 20.8. The number of ether oxygens (including phenoxy) is 2. The summed E-state index contributed by atoms with van der Waals surface area (Å²) in [6, 6.07) is 15.8. The van der Waals surface area contributed by atoms with Gasteiger partial charge in [0.15, 0.2) is 0 Å². The maximum absolute atomic E-state index is 12.3. The predicted molar refractivity (Wildman–Crippen MR) is 104 cm³/mol. The third kappa shape index (κ3) is 7.71. The maximum atomic E-state index is 12.3. The lowest BCUT2D eigenvalue weighted by Gasteiger charge is -2.23. The Morgan fingerprint density at radius 1 is 1.07 bits per heavy atom. The fraction of sp³-hybridized carbons (Fsp3) is 0.333. The number of nitrogens with one attached hydrogen (secondary N) is 1. The SMILES string of the molecule is CC(C)(C)OC(=O)NC(CC(=O)OCc1ccccc1)c1cccc(Cl)c1. The molecule has 144 valence electrons. The molecular formula is C21H24ClNO4. The van der Waals surface area contributed by atoms with Crippen molar-refractivity contribution in [1.29, 1.82) is 0 Å². The molecule has 0 heterocycles. The number of amides is 1. The van der Waals surface area contributed by atoms with Crippen LogP contribution in [0.5, 0.6) is 0 Å². The Kier molecular flexibility index (Phi) is 7.25. The van der Waals surface area contributed by atoms with E-state index in [2.05, 4.69) is 5.32 Å². The van der Waals surface area contributed by atoms with E-state index in [1.54, 1.807) is 45.0 Å². The molecule has 5 nitrogen and oxygen atoms in total. The van der Waals surface area contributed by atoms with E-state index < -0.39 is 23.7 Å². The van der Waals surface area contributed by atoms with Crippen molar-refractivity contribution in [2.45, 2.75) is 45.4 Å². The number of rotatable bonds is 6. The van der Waals surface area contributed by atoms with Gasteiger partial charge in [-0.15, -0.1) is 0 Å². The molecule has 0 aliphatic heterocycles. The lowest BCUT2D eigenvalue weighted by atomic mass is 10.0. The van der Waals surface area contributed by atoms with Gasteiger partial charge in [-0.05, 0) is 44.0 Å². The van der Waals surface area contributed by atoms with Gasteiger partial charge in [0, 0.05) is 5.02 Å². The first-order valence-electron chi connectivity index (χ1n) is 8.67. The summed E-state index contributed by atoms with van der Waals surface area (Å²) in [7, 11) is 0. The van der Waals surface area contributed by atoms with E-state index in [0.717, 1.165) is 5.56 Å². The van der Waals surface area contributed by atoms with Crippen molar-refractivity contribution in [3.05, 3.63) is 70.7 Å². The van der Waals surface area contributed by atoms with Crippen LogP contribution in [-0.2, 0) is 20.9 Å². The molecule has 6 heteroatoms. The Labute approximate surface area is 164 Å². The van der Waals surface area contributed by atoms with Crippen LogP contribution in [0, 0.1) is 0 Å². The van der Waals surface area contributed by atoms with Gasteiger partial charge in [0.05, 0.1) is 12.5 Å². The molecule has 0 aliphatic carbocycles. The molecule has 0 aliphatic rings. The maximum Gasteiger partial charge on any atom is 0.408 e. The molecule has 0 bridgehead atoms. The number of carbonyl (C=O) groups excluding carboxylic acids is 2. The quantitative estimate of drug-likeness (QED) is 0.703. The van der Waals surface area contributed by atoms with Gasteiger partial charge in [-0.3, -0.25) is 4.79 Å². The van der Waals surface area contributed by atoms with Crippen molar-refractivity contribution in [1.82, 2.24) is 5.32 Å². The molecule has 0 saturated heterocycles. The van der Waals surface area contributed by atoms with Gasteiger partial charge in [-0.1, -0.05) is 54.1 Å². The standard InChI is InChI=1S/C21H24ClNO4/c1-21(2,3)27-20(25)23-18(16-10-7-11-17(22)12-16)13-19(24)26-14-15-8-5-4-6-9-15/h4-12,18H,13-14H2,1-3H3,(H,23,25). The minimum Gasteiger partial charge on any atom is -0.461 e. The van der Waals surface area contributed by atoms with Crippen molar-refractivity contribution in [3.8, 4) is 0 Å². The molecule has 0 aromatic heterocycles. The molecule has 0 radical (unpaired) electrons. The molecule has 1 amide bonds. The predicted octanol–water partition coefficient (Wildman–Crippen LogP) is 5.04. The van der Waals surface area contributed by atoms with Crippen LogP contribution in [0.4, 0.5) is 4.79 Å². The van der Waals surface area contributed by atoms with Gasteiger partial charge < -0.3 is 14.8 Å². The Hall–Kier alpha value is -2.53. The van der Waals surface area contributed by atoms with Crippen LogP contribution in [-0.4, -0.2) is 17.7 Å². The molecule has 1 unspecified atom stereocenters. The summed E-state index contributed by atoms with van der Waals surface area (Å²) in [6.07, 6.45) is -0.643. The smallest absolute Gasteiger partial charge is 0.408 e. The molecular weight excluding hydrogens is 366 g/mol. The van der Waals surface area contributed by atoms with Crippen LogP contribution in [0.15, 0.2) is 54.6 Å². The highest BCUT2D eigenvalue weighted by Crippen LogP contribution is 2.22. The van der Waals surface area contributed by atoms with Crippen molar-refractivity contribution in [2.24, 2.45) is 0 Å². The van der Waals surface area contributed by atoms with Crippen molar-refractivity contribution >= 4 is 23.7 Å². The second-order valence-electron chi connectivity index (χ2n) is 7.10. The van der Waals surface area contributed by atoms with E-state index >= 15 is 0 Å². The van der Waals surface area contributed by atoms with Crippen LogP contribution < -0.4 is 5.32 Å². The number of hydrogen-bond acceptors (Lipinski definition) is 4. The first-order valence-corrected chi connectivity index (χ1v) is 9.05. The number of halogens is 1. The van der Waals surface area contributed by atoms with Gasteiger partial charge in [0.1, 0.15) is 12.2 Å². The van der Waals surface area contributed by atoms with E-state index in [0.29, 0.717) is 10.6 Å². The summed E-state index contributed by atoms with van der Waals surface area (Å²) in [4.78, 5) is 24.5. The zero-order valence-electron chi connectivity index (χ0n) is 15.7. The minimum atomic E-state index is -0.642. The zero-order valence-corrected chi connectivity index (χ0v) is 16.5.